The van der Waals surface area contributed by atoms with Crippen molar-refractivity contribution in [3.05, 3.63) is 60.7 Å². The molecule has 2 aromatic carbocycles. The molecule has 0 aliphatic heterocycles. The number of rotatable bonds is 0. The normalized spacial score (nSPS) is 7.27. The second-order valence-electron chi connectivity index (χ2n) is 1.92. The molecule has 0 aliphatic rings. The van der Waals surface area contributed by atoms with Gasteiger partial charge in [0.1, 0.15) is 0 Å². The van der Waals surface area contributed by atoms with Gasteiger partial charge < -0.3 is 2.85 Å². The second kappa shape index (κ2) is 7.69. The zero-order valence-corrected chi connectivity index (χ0v) is 8.73. The van der Waals surface area contributed by atoms with Crippen LogP contribution in [0, 0.1) is 0 Å². The predicted molar refractivity (Wildman–Crippen MR) is 46.3 cm³/mol. The zero-order valence-electron chi connectivity index (χ0n) is 8.27. The van der Waals surface area contributed by atoms with Crippen LogP contribution in [-0.2, 0) is 26.2 Å². The molecule has 1 heteroatoms. The molecule has 0 unspecified atom stereocenters. The van der Waals surface area contributed by atoms with Gasteiger partial charge in [0.2, 0.25) is 0 Å². The number of hydrogen-bond acceptors (Lipinski definition) is 0. The first kappa shape index (κ1) is 10.6. The van der Waals surface area contributed by atoms with E-state index in [-0.39, 0.29) is 29.1 Å². The summed E-state index contributed by atoms with van der Waals surface area (Å²) in [6.45, 7) is 0. The molecule has 0 radical (unpaired) electrons. The molecule has 2 aromatic rings. The van der Waals surface area contributed by atoms with Crippen molar-refractivity contribution >= 4 is 0 Å². The average Bonchev–Trinajstić information content (AvgIpc) is 2.67. The van der Waals surface area contributed by atoms with Crippen molar-refractivity contribution in [2.45, 2.75) is 0 Å². The van der Waals surface area contributed by atoms with Crippen LogP contribution in [0.1, 0.15) is 2.85 Å². The molecule has 0 atom stereocenters. The van der Waals surface area contributed by atoms with Gasteiger partial charge in [-0.25, -0.2) is 24.3 Å². The van der Waals surface area contributed by atoms with Crippen molar-refractivity contribution < 1.29 is 29.1 Å². The maximum absolute atomic E-state index is 2.00. The first-order chi connectivity index (χ1) is 5.00. The molecule has 0 N–H and O–H groups in total. The third-order valence-electron chi connectivity index (χ3n) is 1.11. The molecule has 0 aromatic heterocycles. The third-order valence-corrected chi connectivity index (χ3v) is 1.11. The fourth-order valence-corrected chi connectivity index (χ4v) is 0.642. The van der Waals surface area contributed by atoms with Gasteiger partial charge in [-0.1, -0.05) is 0 Å². The average molecular weight is 223 g/mol. The summed E-state index contributed by atoms with van der Waals surface area (Å²) in [7, 11) is 0. The summed E-state index contributed by atoms with van der Waals surface area (Å²) < 4.78 is 0. The van der Waals surface area contributed by atoms with E-state index in [1.807, 2.05) is 60.7 Å². The summed E-state index contributed by atoms with van der Waals surface area (Å²) in [5.74, 6) is 0. The molecule has 0 aliphatic carbocycles. The molecule has 0 fully saturated rings. The first-order valence-corrected chi connectivity index (χ1v) is 3.33. The van der Waals surface area contributed by atoms with Gasteiger partial charge in [-0.2, -0.15) is 36.4 Å². The van der Waals surface area contributed by atoms with Crippen molar-refractivity contribution in [3.8, 4) is 0 Å². The van der Waals surface area contributed by atoms with Crippen LogP contribution in [0.3, 0.4) is 0 Å². The molecular weight excluding hydrogens is 211 g/mol. The molecule has 0 heterocycles. The summed E-state index contributed by atoms with van der Waals surface area (Å²) in [6, 6.07) is 20.0. The summed E-state index contributed by atoms with van der Waals surface area (Å²) in [5, 5.41) is 0. The fraction of sp³-hybridized carbons (Fsp3) is 0. The monoisotopic (exact) mass is 222 g/mol. The van der Waals surface area contributed by atoms with Crippen LogP contribution in [-0.4, -0.2) is 0 Å². The van der Waals surface area contributed by atoms with Crippen LogP contribution in [0.2, 0.25) is 0 Å². The van der Waals surface area contributed by atoms with Gasteiger partial charge in [0.15, 0.2) is 0 Å². The summed E-state index contributed by atoms with van der Waals surface area (Å²) in [6.07, 6.45) is 0. The van der Waals surface area contributed by atoms with E-state index in [1.165, 1.54) is 0 Å². The fourth-order valence-electron chi connectivity index (χ4n) is 0.642. The van der Waals surface area contributed by atoms with Crippen LogP contribution < -0.4 is 0 Å². The maximum Gasteiger partial charge on any atom is 4.00 e. The minimum atomic E-state index is 0. The Bertz CT molecular complexity index is 152. The van der Waals surface area contributed by atoms with Gasteiger partial charge in [0.05, 0.1) is 0 Å². The van der Waals surface area contributed by atoms with E-state index >= 15 is 0 Å². The topological polar surface area (TPSA) is 0 Å². The smallest absolute Gasteiger partial charge is 1.00 e. The minimum absolute atomic E-state index is 0. The Morgan fingerprint density at radius 1 is 0.636 bits per heavy atom. The van der Waals surface area contributed by atoms with E-state index in [0.29, 0.717) is 0 Å². The molecule has 0 nitrogen and oxygen atoms in total. The van der Waals surface area contributed by atoms with E-state index in [9.17, 15) is 0 Å². The molecule has 0 spiro atoms. The van der Waals surface area contributed by atoms with E-state index in [0.717, 1.165) is 0 Å². The van der Waals surface area contributed by atoms with Crippen molar-refractivity contribution in [3.63, 3.8) is 0 Å². The maximum atomic E-state index is 2.00. The van der Waals surface area contributed by atoms with Gasteiger partial charge in [-0.15, -0.1) is 0 Å². The Balaban J connectivity index is -0.000000125. The predicted octanol–water partition coefficient (Wildman–Crippen LogP) is 3.03. The molecule has 11 heavy (non-hydrogen) atoms. The largest absolute Gasteiger partial charge is 4.00 e. The van der Waals surface area contributed by atoms with E-state index in [2.05, 4.69) is 0 Å². The Morgan fingerprint density at radius 3 is 1.00 bits per heavy atom. The van der Waals surface area contributed by atoms with Gasteiger partial charge >= 0.3 is 26.2 Å². The SMILES string of the molecule is [H-].[H-].[Zr+4].c1cc[cH-]c1.c1cc[cH-]c1. The minimum Gasteiger partial charge on any atom is -1.00 e. The van der Waals surface area contributed by atoms with Crippen molar-refractivity contribution in [1.29, 1.82) is 0 Å². The number of hydrogen-bond donors (Lipinski definition) is 0. The van der Waals surface area contributed by atoms with Gasteiger partial charge in [0.25, 0.3) is 0 Å². The molecular formula is C10H12Zr. The van der Waals surface area contributed by atoms with Crippen molar-refractivity contribution in [2.24, 2.45) is 0 Å². The third kappa shape index (κ3) is 6.00. The standard InChI is InChI=1S/2C5H5.Zr.2H/c2*1-2-4-5-3-1;;;/h2*1-5H;;;/q2*-1;+4;2*-1. The summed E-state index contributed by atoms with van der Waals surface area (Å²) in [5.41, 5.74) is 0. The molecule has 0 bridgehead atoms. The van der Waals surface area contributed by atoms with Crippen LogP contribution >= 0.6 is 0 Å². The Labute approximate surface area is 89.7 Å². The van der Waals surface area contributed by atoms with E-state index in [1.54, 1.807) is 0 Å². The molecule has 56 valence electrons. The van der Waals surface area contributed by atoms with E-state index < -0.39 is 0 Å². The van der Waals surface area contributed by atoms with E-state index in [4.69, 9.17) is 0 Å². The molecule has 0 saturated carbocycles. The van der Waals surface area contributed by atoms with Crippen LogP contribution in [0.5, 0.6) is 0 Å². The summed E-state index contributed by atoms with van der Waals surface area (Å²) in [4.78, 5) is 0. The van der Waals surface area contributed by atoms with Crippen LogP contribution in [0.15, 0.2) is 60.7 Å². The Kier molecular flexibility index (Phi) is 7.40. The second-order valence-corrected chi connectivity index (χ2v) is 1.92. The van der Waals surface area contributed by atoms with Gasteiger partial charge in [0, 0.05) is 0 Å². The van der Waals surface area contributed by atoms with Crippen LogP contribution in [0.25, 0.3) is 0 Å². The van der Waals surface area contributed by atoms with Crippen molar-refractivity contribution in [2.75, 3.05) is 0 Å². The van der Waals surface area contributed by atoms with Gasteiger partial charge in [-0.3, -0.25) is 0 Å². The van der Waals surface area contributed by atoms with Gasteiger partial charge in [-0.05, 0) is 0 Å². The first-order valence-electron chi connectivity index (χ1n) is 3.33. The zero-order chi connectivity index (χ0) is 7.07. The van der Waals surface area contributed by atoms with Crippen LogP contribution in [0.4, 0.5) is 0 Å². The Morgan fingerprint density at radius 2 is 0.909 bits per heavy atom. The molecule has 0 saturated heterocycles. The summed E-state index contributed by atoms with van der Waals surface area (Å²) >= 11 is 0. The molecule has 0 amide bonds. The van der Waals surface area contributed by atoms with Crippen molar-refractivity contribution in [1.82, 2.24) is 0 Å². The molecule has 2 rings (SSSR count). The quantitative estimate of drug-likeness (QED) is 0.602. The Hall–Kier alpha value is -0.417.